The highest BCUT2D eigenvalue weighted by atomic mass is 19.4. The van der Waals surface area contributed by atoms with Gasteiger partial charge in [-0.25, -0.2) is 9.18 Å². The first-order valence-corrected chi connectivity index (χ1v) is 10.5. The monoisotopic (exact) mass is 475 g/mol. The van der Waals surface area contributed by atoms with E-state index in [0.29, 0.717) is 36.6 Å². The number of rotatable bonds is 6. The second kappa shape index (κ2) is 8.58. The molecule has 1 aromatic heterocycles. The molecule has 10 heteroatoms. The summed E-state index contributed by atoms with van der Waals surface area (Å²) in [6.07, 6.45) is -0.723. The predicted octanol–water partition coefficient (Wildman–Crippen LogP) is 5.18. The zero-order valence-electron chi connectivity index (χ0n) is 18.4. The third-order valence-corrected chi connectivity index (χ3v) is 5.95. The van der Waals surface area contributed by atoms with Crippen LogP contribution in [0.25, 0.3) is 11.1 Å². The molecule has 1 aliphatic rings. The SMILES string of the molecule is CCn1cc(-c2ccc(NC(=O)C3(c4ccc(C(F)(F)F)cc4F)CC3)cc2C(=O)OC)cn1. The predicted molar refractivity (Wildman–Crippen MR) is 116 cm³/mol. The van der Waals surface area contributed by atoms with Gasteiger partial charge in [-0.3, -0.25) is 9.48 Å². The molecule has 0 atom stereocenters. The van der Waals surface area contributed by atoms with Crippen molar-refractivity contribution in [1.29, 1.82) is 0 Å². The van der Waals surface area contributed by atoms with Crippen molar-refractivity contribution in [3.8, 4) is 11.1 Å². The Labute approximate surface area is 192 Å². The van der Waals surface area contributed by atoms with E-state index in [-0.39, 0.29) is 16.8 Å². The molecule has 2 aromatic carbocycles. The Morgan fingerprint density at radius 2 is 1.91 bits per heavy atom. The maximum atomic E-state index is 14.6. The minimum Gasteiger partial charge on any atom is -0.465 e. The quantitative estimate of drug-likeness (QED) is 0.394. The molecule has 0 bridgehead atoms. The average molecular weight is 475 g/mol. The Morgan fingerprint density at radius 3 is 2.47 bits per heavy atom. The molecule has 1 aliphatic carbocycles. The van der Waals surface area contributed by atoms with Crippen LogP contribution in [0, 0.1) is 5.82 Å². The highest BCUT2D eigenvalue weighted by Crippen LogP contribution is 2.50. The number of anilines is 1. The molecule has 3 aromatic rings. The Morgan fingerprint density at radius 1 is 1.18 bits per heavy atom. The molecular weight excluding hydrogens is 454 g/mol. The van der Waals surface area contributed by atoms with Crippen molar-refractivity contribution in [2.45, 2.75) is 37.9 Å². The number of ether oxygens (including phenoxy) is 1. The van der Waals surface area contributed by atoms with Crippen LogP contribution in [0.5, 0.6) is 0 Å². The fourth-order valence-corrected chi connectivity index (χ4v) is 3.90. The molecule has 1 saturated carbocycles. The molecule has 6 nitrogen and oxygen atoms in total. The lowest BCUT2D eigenvalue weighted by atomic mass is 9.93. The molecule has 178 valence electrons. The summed E-state index contributed by atoms with van der Waals surface area (Å²) < 4.78 is 59.8. The van der Waals surface area contributed by atoms with Crippen LogP contribution >= 0.6 is 0 Å². The van der Waals surface area contributed by atoms with Gasteiger partial charge in [0.2, 0.25) is 5.91 Å². The van der Waals surface area contributed by atoms with Gasteiger partial charge in [0.1, 0.15) is 5.82 Å². The van der Waals surface area contributed by atoms with Crippen molar-refractivity contribution in [2.24, 2.45) is 0 Å². The van der Waals surface area contributed by atoms with Gasteiger partial charge in [0.15, 0.2) is 0 Å². The number of benzene rings is 2. The summed E-state index contributed by atoms with van der Waals surface area (Å²) in [4.78, 5) is 25.5. The van der Waals surface area contributed by atoms with Gasteiger partial charge in [-0.1, -0.05) is 12.1 Å². The number of aromatic nitrogens is 2. The molecule has 4 rings (SSSR count). The molecule has 1 fully saturated rings. The van der Waals surface area contributed by atoms with Gasteiger partial charge in [0.05, 0.1) is 29.8 Å². The third kappa shape index (κ3) is 4.27. The number of alkyl halides is 3. The molecule has 1 N–H and O–H groups in total. The molecule has 0 radical (unpaired) electrons. The van der Waals surface area contributed by atoms with Gasteiger partial charge in [-0.2, -0.15) is 18.3 Å². The lowest BCUT2D eigenvalue weighted by Crippen LogP contribution is -2.29. The number of nitrogens with one attached hydrogen (secondary N) is 1. The number of halogens is 4. The van der Waals surface area contributed by atoms with Gasteiger partial charge in [0.25, 0.3) is 0 Å². The largest absolute Gasteiger partial charge is 0.465 e. The molecule has 34 heavy (non-hydrogen) atoms. The number of carbonyl (C=O) groups is 2. The van der Waals surface area contributed by atoms with E-state index in [1.54, 1.807) is 29.2 Å². The smallest absolute Gasteiger partial charge is 0.416 e. The summed E-state index contributed by atoms with van der Waals surface area (Å²) >= 11 is 0. The summed E-state index contributed by atoms with van der Waals surface area (Å²) in [5, 5.41) is 6.87. The molecule has 1 amide bonds. The Hall–Kier alpha value is -3.69. The first kappa shape index (κ1) is 23.5. The van der Waals surface area contributed by atoms with E-state index in [1.807, 2.05) is 6.92 Å². The van der Waals surface area contributed by atoms with Crippen molar-refractivity contribution in [3.05, 3.63) is 71.3 Å². The number of carbonyl (C=O) groups excluding carboxylic acids is 2. The van der Waals surface area contributed by atoms with Crippen molar-refractivity contribution >= 4 is 17.6 Å². The van der Waals surface area contributed by atoms with E-state index >= 15 is 0 Å². The van der Waals surface area contributed by atoms with E-state index in [2.05, 4.69) is 10.4 Å². The summed E-state index contributed by atoms with van der Waals surface area (Å²) in [5.41, 5.74) is -0.757. The Balaban J connectivity index is 1.62. The van der Waals surface area contributed by atoms with Crippen LogP contribution in [-0.2, 0) is 27.7 Å². The lowest BCUT2D eigenvalue weighted by Gasteiger charge is -2.18. The van der Waals surface area contributed by atoms with Gasteiger partial charge in [-0.15, -0.1) is 0 Å². The standard InChI is InChI=1S/C24H21F4N3O3/c1-3-31-13-14(12-29-31)17-6-5-16(11-18(17)21(32)34-2)30-22(33)23(8-9-23)19-7-4-15(10-20(19)25)24(26,27)28/h4-7,10-13H,3,8-9H2,1-2H3,(H,30,33). The van der Waals surface area contributed by atoms with Crippen LogP contribution in [0.2, 0.25) is 0 Å². The second-order valence-electron chi connectivity index (χ2n) is 8.07. The third-order valence-electron chi connectivity index (χ3n) is 5.95. The van der Waals surface area contributed by atoms with Crippen LogP contribution in [0.15, 0.2) is 48.8 Å². The number of hydrogen-bond acceptors (Lipinski definition) is 4. The minimum atomic E-state index is -4.68. The van der Waals surface area contributed by atoms with Crippen LogP contribution < -0.4 is 5.32 Å². The first-order valence-electron chi connectivity index (χ1n) is 10.5. The van der Waals surface area contributed by atoms with E-state index in [4.69, 9.17) is 4.74 Å². The van der Waals surface area contributed by atoms with E-state index in [0.717, 1.165) is 12.1 Å². The zero-order valence-corrected chi connectivity index (χ0v) is 18.4. The maximum Gasteiger partial charge on any atom is 0.416 e. The number of nitrogens with zero attached hydrogens (tertiary/aromatic N) is 2. The summed E-state index contributed by atoms with van der Waals surface area (Å²) in [6, 6.07) is 6.86. The fourth-order valence-electron chi connectivity index (χ4n) is 3.90. The number of hydrogen-bond donors (Lipinski definition) is 1. The molecule has 0 aliphatic heterocycles. The Kier molecular flexibility index (Phi) is 5.93. The highest BCUT2D eigenvalue weighted by molar-refractivity contribution is 6.04. The van der Waals surface area contributed by atoms with Crippen LogP contribution in [0.4, 0.5) is 23.2 Å². The number of methoxy groups -OCH3 is 1. The van der Waals surface area contributed by atoms with E-state index < -0.39 is 34.8 Å². The van der Waals surface area contributed by atoms with Crippen molar-refractivity contribution in [3.63, 3.8) is 0 Å². The minimum absolute atomic E-state index is 0.0882. The highest BCUT2D eigenvalue weighted by Gasteiger charge is 2.53. The zero-order chi connectivity index (χ0) is 24.7. The topological polar surface area (TPSA) is 73.2 Å². The molecule has 0 unspecified atom stereocenters. The van der Waals surface area contributed by atoms with Gasteiger partial charge in [0, 0.05) is 29.6 Å². The van der Waals surface area contributed by atoms with Crippen molar-refractivity contribution < 1.29 is 31.9 Å². The summed E-state index contributed by atoms with van der Waals surface area (Å²) in [6.45, 7) is 2.56. The van der Waals surface area contributed by atoms with Crippen molar-refractivity contribution in [2.75, 3.05) is 12.4 Å². The van der Waals surface area contributed by atoms with Crippen LogP contribution in [0.1, 0.15) is 41.3 Å². The fraction of sp³-hybridized carbons (Fsp3) is 0.292. The second-order valence-corrected chi connectivity index (χ2v) is 8.07. The molecular formula is C24H21F4N3O3. The average Bonchev–Trinajstić information content (AvgIpc) is 3.47. The van der Waals surface area contributed by atoms with Crippen molar-refractivity contribution in [1.82, 2.24) is 9.78 Å². The lowest BCUT2D eigenvalue weighted by molar-refractivity contribution is -0.137. The Bertz CT molecular complexity index is 1260. The van der Waals surface area contributed by atoms with Crippen LogP contribution in [-0.4, -0.2) is 28.8 Å². The maximum absolute atomic E-state index is 14.6. The van der Waals surface area contributed by atoms with Crippen LogP contribution in [0.3, 0.4) is 0 Å². The normalized spacial score (nSPS) is 14.5. The molecule has 0 saturated heterocycles. The van der Waals surface area contributed by atoms with Gasteiger partial charge >= 0.3 is 12.1 Å². The van der Waals surface area contributed by atoms with Gasteiger partial charge in [-0.05, 0) is 49.6 Å². The summed E-state index contributed by atoms with van der Waals surface area (Å²) in [7, 11) is 1.24. The number of amides is 1. The molecule has 0 spiro atoms. The first-order chi connectivity index (χ1) is 16.1. The number of aryl methyl sites for hydroxylation is 1. The van der Waals surface area contributed by atoms with E-state index in [9.17, 15) is 27.2 Å². The van der Waals surface area contributed by atoms with Gasteiger partial charge < -0.3 is 10.1 Å². The van der Waals surface area contributed by atoms with E-state index in [1.165, 1.54) is 13.2 Å². The number of esters is 1. The molecule has 1 heterocycles. The summed E-state index contributed by atoms with van der Waals surface area (Å²) in [5.74, 6) is -2.26.